The molecule has 1 aliphatic rings. The van der Waals surface area contributed by atoms with Crippen molar-refractivity contribution in [3.05, 3.63) is 22.1 Å². The van der Waals surface area contributed by atoms with Gasteiger partial charge in [-0.2, -0.15) is 4.52 Å². The van der Waals surface area contributed by atoms with E-state index >= 15 is 0 Å². The minimum Gasteiger partial charge on any atom is -0.344 e. The summed E-state index contributed by atoms with van der Waals surface area (Å²) < 4.78 is 1.41. The van der Waals surface area contributed by atoms with Gasteiger partial charge in [0.1, 0.15) is 0 Å². The molecule has 1 saturated heterocycles. The van der Waals surface area contributed by atoms with Crippen LogP contribution < -0.4 is 10.5 Å². The van der Waals surface area contributed by atoms with Crippen molar-refractivity contribution in [2.45, 2.75) is 19.8 Å². The van der Waals surface area contributed by atoms with Gasteiger partial charge in [-0.3, -0.25) is 9.69 Å². The Balaban J connectivity index is 1.76. The molecule has 6 nitrogen and oxygen atoms in total. The maximum atomic E-state index is 12.0. The third kappa shape index (κ3) is 2.98. The van der Waals surface area contributed by atoms with Crippen LogP contribution in [0.15, 0.2) is 10.9 Å². The van der Waals surface area contributed by atoms with Gasteiger partial charge in [-0.25, -0.2) is 4.98 Å². The number of hydrogen-bond donors (Lipinski definition) is 0. The lowest BCUT2D eigenvalue weighted by molar-refractivity contribution is 0.263. The first-order valence-electron chi connectivity index (χ1n) is 7.52. The second-order valence-electron chi connectivity index (χ2n) is 5.30. The zero-order chi connectivity index (χ0) is 15.5. The predicted octanol–water partition coefficient (Wildman–Crippen LogP) is 0.859. The van der Waals surface area contributed by atoms with Gasteiger partial charge in [-0.1, -0.05) is 18.3 Å². The Morgan fingerprint density at radius 3 is 2.82 bits per heavy atom. The third-order valence-electron chi connectivity index (χ3n) is 3.86. The van der Waals surface area contributed by atoms with Gasteiger partial charge in [0.05, 0.1) is 0 Å². The molecule has 2 aromatic heterocycles. The van der Waals surface area contributed by atoms with Gasteiger partial charge >= 0.3 is 0 Å². The third-order valence-corrected chi connectivity index (χ3v) is 4.83. The lowest BCUT2D eigenvalue weighted by atomic mass is 10.3. The summed E-state index contributed by atoms with van der Waals surface area (Å²) in [5, 5.41) is 5.30. The van der Waals surface area contributed by atoms with Crippen LogP contribution >= 0.6 is 11.3 Å². The highest BCUT2D eigenvalue weighted by atomic mass is 32.1. The summed E-state index contributed by atoms with van der Waals surface area (Å²) in [6, 6.07) is 1.56. The molecule has 0 N–H and O–H groups in total. The molecule has 0 amide bonds. The first kappa shape index (κ1) is 15.0. The minimum absolute atomic E-state index is 0.1000. The van der Waals surface area contributed by atoms with E-state index in [1.54, 1.807) is 6.07 Å². The summed E-state index contributed by atoms with van der Waals surface area (Å²) in [6.45, 7) is 6.69. The molecule has 3 rings (SSSR count). The predicted molar refractivity (Wildman–Crippen MR) is 88.6 cm³/mol. The van der Waals surface area contributed by atoms with E-state index in [-0.39, 0.29) is 5.56 Å². The zero-order valence-electron chi connectivity index (χ0n) is 12.7. The van der Waals surface area contributed by atoms with E-state index in [0.29, 0.717) is 4.96 Å². The largest absolute Gasteiger partial charge is 0.344 e. The lowest BCUT2D eigenvalue weighted by Crippen LogP contribution is -2.46. The van der Waals surface area contributed by atoms with Crippen molar-refractivity contribution in [1.82, 2.24) is 19.5 Å². The van der Waals surface area contributed by atoms with Crippen LogP contribution in [0.5, 0.6) is 0 Å². The van der Waals surface area contributed by atoms with Gasteiger partial charge < -0.3 is 4.90 Å². The van der Waals surface area contributed by atoms with Crippen molar-refractivity contribution < 1.29 is 0 Å². The van der Waals surface area contributed by atoms with Crippen molar-refractivity contribution in [2.24, 2.45) is 0 Å². The number of aromatic nitrogens is 3. The standard InChI is InChI=1S/C15H19N5OS/c1-3-5-6-18-7-9-19(10-8-18)15-17-20-13(21)11-12(4-2)16-14(20)22-15/h1,11H,4-10H2,2H3. The molecule has 22 heavy (non-hydrogen) atoms. The average Bonchev–Trinajstić information content (AvgIpc) is 2.98. The van der Waals surface area contributed by atoms with Crippen LogP contribution in [0.1, 0.15) is 19.0 Å². The molecule has 116 valence electrons. The number of aryl methyl sites for hydroxylation is 1. The highest BCUT2D eigenvalue weighted by Crippen LogP contribution is 2.22. The molecule has 1 aliphatic heterocycles. The normalized spacial score (nSPS) is 16.1. The topological polar surface area (TPSA) is 53.7 Å². The Bertz CT molecular complexity index is 751. The van der Waals surface area contributed by atoms with E-state index in [2.05, 4.69) is 25.8 Å². The molecule has 1 fully saturated rings. The van der Waals surface area contributed by atoms with E-state index in [9.17, 15) is 4.79 Å². The molecule has 2 aromatic rings. The zero-order valence-corrected chi connectivity index (χ0v) is 13.5. The summed E-state index contributed by atoms with van der Waals surface area (Å²) in [5.74, 6) is 2.68. The number of nitrogens with zero attached hydrogens (tertiary/aromatic N) is 5. The number of anilines is 1. The highest BCUT2D eigenvalue weighted by Gasteiger charge is 2.20. The second-order valence-corrected chi connectivity index (χ2v) is 6.24. The monoisotopic (exact) mass is 317 g/mol. The first-order chi connectivity index (χ1) is 10.7. The molecule has 7 heteroatoms. The lowest BCUT2D eigenvalue weighted by Gasteiger charge is -2.33. The van der Waals surface area contributed by atoms with Gasteiger partial charge in [0, 0.05) is 50.9 Å². The highest BCUT2D eigenvalue weighted by molar-refractivity contribution is 7.20. The Morgan fingerprint density at radius 1 is 1.36 bits per heavy atom. The van der Waals surface area contributed by atoms with Crippen molar-refractivity contribution in [3.63, 3.8) is 0 Å². The Morgan fingerprint density at radius 2 is 2.14 bits per heavy atom. The van der Waals surface area contributed by atoms with Gasteiger partial charge in [0.25, 0.3) is 5.56 Å². The number of piperazine rings is 1. The van der Waals surface area contributed by atoms with Crippen LogP contribution in [0.4, 0.5) is 5.13 Å². The molecule has 0 aliphatic carbocycles. The van der Waals surface area contributed by atoms with Gasteiger partial charge in [-0.05, 0) is 6.42 Å². The maximum Gasteiger partial charge on any atom is 0.275 e. The van der Waals surface area contributed by atoms with Gasteiger partial charge in [0.15, 0.2) is 0 Å². The smallest absolute Gasteiger partial charge is 0.275 e. The summed E-state index contributed by atoms with van der Waals surface area (Å²) >= 11 is 1.48. The van der Waals surface area contributed by atoms with E-state index in [4.69, 9.17) is 6.42 Å². The molecule has 3 heterocycles. The summed E-state index contributed by atoms with van der Waals surface area (Å²) in [6.07, 6.45) is 6.86. The second kappa shape index (κ2) is 6.46. The molecular formula is C15H19N5OS. The number of fused-ring (bicyclic) bond motifs is 1. The van der Waals surface area contributed by atoms with Crippen molar-refractivity contribution >= 4 is 21.4 Å². The van der Waals surface area contributed by atoms with E-state index in [1.165, 1.54) is 15.9 Å². The molecule has 0 spiro atoms. The average molecular weight is 317 g/mol. The van der Waals surface area contributed by atoms with Crippen LogP contribution in [0, 0.1) is 12.3 Å². The summed E-state index contributed by atoms with van der Waals surface area (Å²) in [4.78, 5) is 21.8. The minimum atomic E-state index is -0.1000. The quantitative estimate of drug-likeness (QED) is 0.783. The van der Waals surface area contributed by atoms with E-state index < -0.39 is 0 Å². The summed E-state index contributed by atoms with van der Waals surface area (Å²) in [7, 11) is 0. The maximum absolute atomic E-state index is 12.0. The van der Waals surface area contributed by atoms with Crippen molar-refractivity contribution in [1.29, 1.82) is 0 Å². The van der Waals surface area contributed by atoms with E-state index in [1.807, 2.05) is 6.92 Å². The molecule has 0 saturated carbocycles. The Hall–Kier alpha value is -1.91. The number of rotatable bonds is 4. The molecule has 0 radical (unpaired) electrons. The molecule has 0 bridgehead atoms. The van der Waals surface area contributed by atoms with E-state index in [0.717, 1.165) is 56.4 Å². The van der Waals surface area contributed by atoms with Crippen LogP contribution in [0.25, 0.3) is 4.96 Å². The van der Waals surface area contributed by atoms with Crippen LogP contribution in [-0.2, 0) is 6.42 Å². The van der Waals surface area contributed by atoms with Crippen LogP contribution in [-0.4, -0.2) is 52.2 Å². The fourth-order valence-corrected chi connectivity index (χ4v) is 3.52. The molecule has 0 aromatic carbocycles. The Labute approximate surface area is 133 Å². The van der Waals surface area contributed by atoms with Gasteiger partial charge in [-0.15, -0.1) is 17.4 Å². The van der Waals surface area contributed by atoms with Crippen LogP contribution in [0.2, 0.25) is 0 Å². The molecule has 0 atom stereocenters. The summed E-state index contributed by atoms with van der Waals surface area (Å²) in [5.41, 5.74) is 0.719. The van der Waals surface area contributed by atoms with Crippen molar-refractivity contribution in [2.75, 3.05) is 37.6 Å². The fourth-order valence-electron chi connectivity index (χ4n) is 2.54. The first-order valence-corrected chi connectivity index (χ1v) is 8.33. The SMILES string of the molecule is C#CCCN1CCN(c2nn3c(=O)cc(CC)nc3s2)CC1. The van der Waals surface area contributed by atoms with Gasteiger partial charge in [0.2, 0.25) is 10.1 Å². The number of hydrogen-bond acceptors (Lipinski definition) is 6. The molecule has 0 unspecified atom stereocenters. The van der Waals surface area contributed by atoms with Crippen molar-refractivity contribution in [3.8, 4) is 12.3 Å². The Kier molecular flexibility index (Phi) is 4.41. The van der Waals surface area contributed by atoms with Crippen LogP contribution in [0.3, 0.4) is 0 Å². The number of terminal acetylenes is 1. The fraction of sp³-hybridized carbons (Fsp3) is 0.533. The molecular weight excluding hydrogens is 298 g/mol.